The first-order chi connectivity index (χ1) is 17.1. The molecule has 178 valence electrons. The Morgan fingerprint density at radius 2 is 2.11 bits per heavy atom. The summed E-state index contributed by atoms with van der Waals surface area (Å²) < 4.78 is 11.5. The lowest BCUT2D eigenvalue weighted by atomic mass is 9.86. The highest BCUT2D eigenvalue weighted by Gasteiger charge is 2.19. The quantitative estimate of drug-likeness (QED) is 0.377. The first-order valence-electron chi connectivity index (χ1n) is 11.1. The number of nitriles is 1. The van der Waals surface area contributed by atoms with Crippen molar-refractivity contribution in [3.05, 3.63) is 71.0 Å². The number of hydrogen-bond donors (Lipinski definition) is 2. The average molecular weight is 490 g/mol. The molecule has 8 nitrogen and oxygen atoms in total. The van der Waals surface area contributed by atoms with Crippen LogP contribution in [-0.2, 0) is 4.79 Å². The largest absolute Gasteiger partial charge is 0.493 e. The van der Waals surface area contributed by atoms with E-state index in [1.807, 2.05) is 24.3 Å². The van der Waals surface area contributed by atoms with Gasteiger partial charge in [0.15, 0.2) is 17.3 Å². The Labute approximate surface area is 208 Å². The molecule has 1 aromatic carbocycles. The Morgan fingerprint density at radius 3 is 2.80 bits per heavy atom. The van der Waals surface area contributed by atoms with Crippen molar-refractivity contribution in [2.45, 2.75) is 19.3 Å². The summed E-state index contributed by atoms with van der Waals surface area (Å²) in [6.45, 7) is 0.625. The molecular formula is C26H24ClN5O3. The average Bonchev–Trinajstić information content (AvgIpc) is 2.84. The van der Waals surface area contributed by atoms with E-state index in [-0.39, 0.29) is 5.91 Å². The monoisotopic (exact) mass is 489 g/mol. The summed E-state index contributed by atoms with van der Waals surface area (Å²) in [5.74, 6) is 2.25. The fourth-order valence-electron chi connectivity index (χ4n) is 3.47. The highest BCUT2D eigenvalue weighted by molar-refractivity contribution is 6.31. The molecule has 1 fully saturated rings. The molecule has 0 bridgehead atoms. The van der Waals surface area contributed by atoms with Crippen LogP contribution in [0.2, 0.25) is 5.02 Å². The fourth-order valence-corrected chi connectivity index (χ4v) is 3.63. The van der Waals surface area contributed by atoms with E-state index in [0.29, 0.717) is 51.9 Å². The Bertz CT molecular complexity index is 1270. The molecule has 0 unspecified atom stereocenters. The maximum atomic E-state index is 12.8. The third kappa shape index (κ3) is 6.28. The second-order valence-electron chi connectivity index (χ2n) is 8.03. The number of halogens is 1. The minimum Gasteiger partial charge on any atom is -0.493 e. The summed E-state index contributed by atoms with van der Waals surface area (Å²) in [5.41, 5.74) is 1.56. The van der Waals surface area contributed by atoms with Crippen LogP contribution in [-0.4, -0.2) is 29.6 Å². The predicted octanol–water partition coefficient (Wildman–Crippen LogP) is 5.58. The van der Waals surface area contributed by atoms with Crippen LogP contribution in [0.3, 0.4) is 0 Å². The van der Waals surface area contributed by atoms with Crippen LogP contribution < -0.4 is 20.1 Å². The molecular weight excluding hydrogens is 466 g/mol. The van der Waals surface area contributed by atoms with Crippen LogP contribution in [0.1, 0.15) is 30.4 Å². The molecule has 1 saturated carbocycles. The number of pyridine rings is 2. The Morgan fingerprint density at radius 1 is 1.26 bits per heavy atom. The molecule has 2 N–H and O–H groups in total. The van der Waals surface area contributed by atoms with Crippen LogP contribution in [0.25, 0.3) is 6.08 Å². The number of carbonyl (C=O) groups is 1. The van der Waals surface area contributed by atoms with E-state index >= 15 is 0 Å². The zero-order valence-corrected chi connectivity index (χ0v) is 19.9. The zero-order valence-electron chi connectivity index (χ0n) is 19.1. The van der Waals surface area contributed by atoms with E-state index in [1.165, 1.54) is 37.7 Å². The van der Waals surface area contributed by atoms with Crippen LogP contribution >= 0.6 is 11.6 Å². The van der Waals surface area contributed by atoms with Gasteiger partial charge in [0.25, 0.3) is 0 Å². The van der Waals surface area contributed by atoms with Gasteiger partial charge in [0, 0.05) is 24.0 Å². The molecule has 1 aliphatic rings. The van der Waals surface area contributed by atoms with Crippen LogP contribution in [0.5, 0.6) is 11.5 Å². The lowest BCUT2D eigenvalue weighted by Crippen LogP contribution is -2.19. The van der Waals surface area contributed by atoms with E-state index in [9.17, 15) is 4.79 Å². The van der Waals surface area contributed by atoms with Crippen molar-refractivity contribution in [1.82, 2.24) is 9.97 Å². The molecule has 0 spiro atoms. The second kappa shape index (κ2) is 11.4. The molecule has 0 aliphatic heterocycles. The van der Waals surface area contributed by atoms with Gasteiger partial charge in [-0.3, -0.25) is 4.79 Å². The second-order valence-corrected chi connectivity index (χ2v) is 8.46. The van der Waals surface area contributed by atoms with Crippen molar-refractivity contribution in [2.75, 3.05) is 24.4 Å². The van der Waals surface area contributed by atoms with Crippen molar-refractivity contribution in [2.24, 2.45) is 5.92 Å². The summed E-state index contributed by atoms with van der Waals surface area (Å²) in [4.78, 5) is 21.2. The summed E-state index contributed by atoms with van der Waals surface area (Å²) in [7, 11) is 1.59. The number of aromatic nitrogens is 2. The topological polar surface area (TPSA) is 109 Å². The molecule has 9 heteroatoms. The van der Waals surface area contributed by atoms with Gasteiger partial charge in [-0.1, -0.05) is 30.2 Å². The van der Waals surface area contributed by atoms with Gasteiger partial charge in [-0.25, -0.2) is 9.97 Å². The molecule has 1 amide bonds. The SMILES string of the molecule is COc1cccc(C=CC(=O)Nc2cc(Cl)cnc2Nc2ccc(C#N)cn2)c1OCC1CCC1. The Hall–Kier alpha value is -4.09. The number of hydrogen-bond acceptors (Lipinski definition) is 7. The standard InChI is InChI=1S/C26H24ClN5O3/c1-34-22-7-3-6-19(25(22)35-16-17-4-2-5-17)9-11-24(33)31-21-12-20(27)15-30-26(21)32-23-10-8-18(13-28)14-29-23/h3,6-12,14-15,17H,2,4-5,16H2,1H3,(H,31,33)(H,29,30,32). The number of para-hydroxylation sites is 1. The van der Waals surface area contributed by atoms with Gasteiger partial charge >= 0.3 is 0 Å². The summed E-state index contributed by atoms with van der Waals surface area (Å²) in [6, 6.07) is 12.4. The van der Waals surface area contributed by atoms with Crippen molar-refractivity contribution in [3.8, 4) is 17.6 Å². The molecule has 1 aliphatic carbocycles. The fraction of sp³-hybridized carbons (Fsp3) is 0.231. The number of anilines is 3. The zero-order chi connectivity index (χ0) is 24.6. The van der Waals surface area contributed by atoms with Gasteiger partial charge in [-0.15, -0.1) is 0 Å². The maximum Gasteiger partial charge on any atom is 0.248 e. The van der Waals surface area contributed by atoms with E-state index in [4.69, 9.17) is 26.3 Å². The first kappa shape index (κ1) is 24.0. The summed E-state index contributed by atoms with van der Waals surface area (Å²) in [6.07, 6.45) is 9.58. The number of amides is 1. The number of ether oxygens (including phenoxy) is 2. The maximum absolute atomic E-state index is 12.8. The molecule has 4 rings (SSSR count). The smallest absolute Gasteiger partial charge is 0.248 e. The normalized spacial score (nSPS) is 13.1. The predicted molar refractivity (Wildman–Crippen MR) is 135 cm³/mol. The highest BCUT2D eigenvalue weighted by Crippen LogP contribution is 2.34. The number of methoxy groups -OCH3 is 1. The van der Waals surface area contributed by atoms with Gasteiger partial charge in [0.1, 0.15) is 11.9 Å². The van der Waals surface area contributed by atoms with Crippen LogP contribution in [0, 0.1) is 17.2 Å². The van der Waals surface area contributed by atoms with Crippen molar-refractivity contribution in [1.29, 1.82) is 5.26 Å². The number of nitrogens with zero attached hydrogens (tertiary/aromatic N) is 3. The first-order valence-corrected chi connectivity index (χ1v) is 11.5. The van der Waals surface area contributed by atoms with Crippen molar-refractivity contribution >= 4 is 40.9 Å². The lowest BCUT2D eigenvalue weighted by Gasteiger charge is -2.26. The van der Waals surface area contributed by atoms with E-state index < -0.39 is 0 Å². The Balaban J connectivity index is 1.49. The van der Waals surface area contributed by atoms with Crippen molar-refractivity contribution < 1.29 is 14.3 Å². The minimum absolute atomic E-state index is 0.360. The summed E-state index contributed by atoms with van der Waals surface area (Å²) in [5, 5.41) is 15.1. The van der Waals surface area contributed by atoms with Crippen LogP contribution in [0.15, 0.2) is 54.9 Å². The molecule has 0 atom stereocenters. The number of rotatable bonds is 9. The number of carbonyl (C=O) groups excluding carboxylic acids is 1. The molecule has 2 heterocycles. The number of nitrogens with one attached hydrogen (secondary N) is 2. The van der Waals surface area contributed by atoms with Gasteiger partial charge in [0.2, 0.25) is 5.91 Å². The molecule has 35 heavy (non-hydrogen) atoms. The van der Waals surface area contributed by atoms with E-state index in [1.54, 1.807) is 31.4 Å². The van der Waals surface area contributed by atoms with Gasteiger partial charge < -0.3 is 20.1 Å². The third-order valence-corrected chi connectivity index (χ3v) is 5.79. The van der Waals surface area contributed by atoms with Gasteiger partial charge in [0.05, 0.1) is 30.0 Å². The number of benzene rings is 1. The van der Waals surface area contributed by atoms with E-state index in [2.05, 4.69) is 20.6 Å². The van der Waals surface area contributed by atoms with Crippen LogP contribution in [0.4, 0.5) is 17.3 Å². The molecule has 0 saturated heterocycles. The van der Waals surface area contributed by atoms with E-state index in [0.717, 1.165) is 5.56 Å². The van der Waals surface area contributed by atoms with Gasteiger partial charge in [-0.05, 0) is 49.1 Å². The van der Waals surface area contributed by atoms with Gasteiger partial charge in [-0.2, -0.15) is 5.26 Å². The molecule has 0 radical (unpaired) electrons. The lowest BCUT2D eigenvalue weighted by molar-refractivity contribution is -0.111. The minimum atomic E-state index is -0.377. The highest BCUT2D eigenvalue weighted by atomic mass is 35.5. The summed E-state index contributed by atoms with van der Waals surface area (Å²) >= 11 is 6.11. The third-order valence-electron chi connectivity index (χ3n) is 5.58. The van der Waals surface area contributed by atoms with Crippen molar-refractivity contribution in [3.63, 3.8) is 0 Å². The Kier molecular flexibility index (Phi) is 7.81. The molecule has 2 aromatic heterocycles. The molecule has 3 aromatic rings.